The molecule has 44 heavy (non-hydrogen) atoms. The Morgan fingerprint density at radius 1 is 1.05 bits per heavy atom. The maximum atomic E-state index is 15.1. The number of halogens is 2. The summed E-state index contributed by atoms with van der Waals surface area (Å²) in [4.78, 5) is 33.7. The van der Waals surface area contributed by atoms with Crippen LogP contribution >= 0.6 is 0 Å². The van der Waals surface area contributed by atoms with Crippen molar-refractivity contribution in [3.05, 3.63) is 87.8 Å². The van der Waals surface area contributed by atoms with E-state index in [4.69, 9.17) is 0 Å². The zero-order valence-corrected chi connectivity index (χ0v) is 26.0. The Labute approximate surface area is 258 Å². The molecule has 0 unspecified atom stereocenters. The molecule has 3 heterocycles. The average molecular weight is 607 g/mol. The molecule has 6 rings (SSSR count). The van der Waals surface area contributed by atoms with Gasteiger partial charge < -0.3 is 15.1 Å². The molecular formula is C34H44F2N6O2. The highest BCUT2D eigenvalue weighted by atomic mass is 19.1. The quantitative estimate of drug-likeness (QED) is 0.419. The highest BCUT2D eigenvalue weighted by Gasteiger charge is 2.47. The molecule has 3 aliphatic rings. The van der Waals surface area contributed by atoms with Gasteiger partial charge in [0.05, 0.1) is 17.3 Å². The van der Waals surface area contributed by atoms with Crippen LogP contribution in [0.4, 0.5) is 13.6 Å². The first-order valence-corrected chi connectivity index (χ1v) is 16.0. The number of piperidine rings is 1. The summed E-state index contributed by atoms with van der Waals surface area (Å²) in [5.74, 6) is -0.987. The monoisotopic (exact) mass is 606 g/mol. The van der Waals surface area contributed by atoms with Gasteiger partial charge in [-0.05, 0) is 56.0 Å². The van der Waals surface area contributed by atoms with Crippen LogP contribution < -0.4 is 10.9 Å². The minimum Gasteiger partial charge on any atom is -0.321 e. The first kappa shape index (κ1) is 30.5. The molecule has 236 valence electrons. The number of carbonyl (C=O) groups excluding carboxylic acids is 1. The molecule has 2 aromatic carbocycles. The zero-order chi connectivity index (χ0) is 31.0. The van der Waals surface area contributed by atoms with Gasteiger partial charge in [-0.3, -0.25) is 14.4 Å². The van der Waals surface area contributed by atoms with Gasteiger partial charge in [0.2, 0.25) is 0 Å². The van der Waals surface area contributed by atoms with Gasteiger partial charge in [-0.2, -0.15) is 0 Å². The summed E-state index contributed by atoms with van der Waals surface area (Å²) in [5, 5.41) is 3.54. The number of aromatic nitrogens is 2. The van der Waals surface area contributed by atoms with E-state index >= 15 is 4.39 Å². The van der Waals surface area contributed by atoms with Crippen molar-refractivity contribution in [1.29, 1.82) is 0 Å². The summed E-state index contributed by atoms with van der Waals surface area (Å²) in [5.41, 5.74) is 1.68. The Kier molecular flexibility index (Phi) is 8.66. The van der Waals surface area contributed by atoms with E-state index in [0.717, 1.165) is 55.5 Å². The molecule has 1 N–H and O–H groups in total. The number of nitrogens with zero attached hydrogens (tertiary/aromatic N) is 5. The van der Waals surface area contributed by atoms with Crippen LogP contribution in [0.1, 0.15) is 69.5 Å². The molecule has 2 aliphatic heterocycles. The van der Waals surface area contributed by atoms with Gasteiger partial charge >= 0.3 is 6.03 Å². The van der Waals surface area contributed by atoms with Gasteiger partial charge in [-0.25, -0.2) is 18.3 Å². The number of likely N-dealkylation sites (tertiary alicyclic amines) is 1. The maximum Gasteiger partial charge on any atom is 0.320 e. The summed E-state index contributed by atoms with van der Waals surface area (Å²) in [6.07, 6.45) is 7.28. The third-order valence-corrected chi connectivity index (χ3v) is 9.89. The molecule has 8 nitrogen and oxygen atoms in total. The molecule has 0 radical (unpaired) electrons. The lowest BCUT2D eigenvalue weighted by Gasteiger charge is -2.51. The van der Waals surface area contributed by atoms with E-state index in [-0.39, 0.29) is 34.8 Å². The second kappa shape index (κ2) is 12.5. The minimum absolute atomic E-state index is 0.0154. The second-order valence-corrected chi connectivity index (χ2v) is 13.1. The fourth-order valence-corrected chi connectivity index (χ4v) is 7.73. The van der Waals surface area contributed by atoms with Crippen LogP contribution in [0.2, 0.25) is 0 Å². The molecule has 1 aromatic heterocycles. The summed E-state index contributed by atoms with van der Waals surface area (Å²) >= 11 is 0. The third-order valence-electron chi connectivity index (χ3n) is 9.89. The number of carbonyl (C=O) groups is 1. The lowest BCUT2D eigenvalue weighted by atomic mass is 9.89. The Balaban J connectivity index is 1.23. The van der Waals surface area contributed by atoms with Crippen LogP contribution in [0.3, 0.4) is 0 Å². The number of benzene rings is 2. The zero-order valence-electron chi connectivity index (χ0n) is 26.0. The predicted octanol–water partition coefficient (Wildman–Crippen LogP) is 5.21. The standard InChI is InChI=1S/C34H44F2N6O2/c1-24(2)37-27-13-16-41(31(20-27)29-19-26(35)11-12-30(29)36)33(44)39-17-18-40(34(23-39)14-7-8-15-34)21-25-22-42(38(3)32(25)43)28-9-5-4-6-10-28/h4-6,9-12,19,22,24,27,31,37H,7-8,13-18,20-21,23H2,1-3H3/t27-,31+/m1/s1. The summed E-state index contributed by atoms with van der Waals surface area (Å²) < 4.78 is 33.0. The fourth-order valence-electron chi connectivity index (χ4n) is 7.73. The normalized spacial score (nSPS) is 22.3. The number of hydrogen-bond donors (Lipinski definition) is 1. The van der Waals surface area contributed by atoms with Crippen molar-refractivity contribution in [3.8, 4) is 5.69 Å². The predicted molar refractivity (Wildman–Crippen MR) is 167 cm³/mol. The maximum absolute atomic E-state index is 15.1. The molecule has 2 amide bonds. The molecular weight excluding hydrogens is 562 g/mol. The van der Waals surface area contributed by atoms with Crippen LogP contribution in [0.25, 0.3) is 5.69 Å². The van der Waals surface area contributed by atoms with Gasteiger partial charge in [-0.15, -0.1) is 0 Å². The molecule has 3 aromatic rings. The SMILES string of the molecule is CC(C)N[C@@H]1CCN(C(=O)N2CCN(Cc3cn(-c4ccccc4)n(C)c3=O)C3(CCCC3)C2)[C@H](c2cc(F)ccc2F)C1. The van der Waals surface area contributed by atoms with E-state index in [1.165, 1.54) is 6.07 Å². The van der Waals surface area contributed by atoms with Crippen molar-refractivity contribution in [3.63, 3.8) is 0 Å². The van der Waals surface area contributed by atoms with Crippen LogP contribution in [0.15, 0.2) is 59.5 Å². The van der Waals surface area contributed by atoms with Crippen molar-refractivity contribution in [2.75, 3.05) is 26.2 Å². The molecule has 10 heteroatoms. The highest BCUT2D eigenvalue weighted by molar-refractivity contribution is 5.75. The Morgan fingerprint density at radius 2 is 1.80 bits per heavy atom. The minimum atomic E-state index is -0.554. The van der Waals surface area contributed by atoms with Gasteiger partial charge in [0.1, 0.15) is 11.6 Å². The summed E-state index contributed by atoms with van der Waals surface area (Å²) in [7, 11) is 1.79. The third kappa shape index (κ3) is 5.94. The van der Waals surface area contributed by atoms with Crippen molar-refractivity contribution in [2.45, 2.75) is 82.6 Å². The number of piperazine rings is 1. The van der Waals surface area contributed by atoms with Gasteiger partial charge in [-0.1, -0.05) is 44.9 Å². The van der Waals surface area contributed by atoms with Crippen LogP contribution in [-0.4, -0.2) is 73.9 Å². The van der Waals surface area contributed by atoms with Crippen molar-refractivity contribution < 1.29 is 13.6 Å². The van der Waals surface area contributed by atoms with Crippen LogP contribution in [0.5, 0.6) is 0 Å². The number of hydrogen-bond acceptors (Lipinski definition) is 4. The lowest BCUT2D eigenvalue weighted by molar-refractivity contribution is -0.00253. The largest absolute Gasteiger partial charge is 0.321 e. The molecule has 2 saturated heterocycles. The van der Waals surface area contributed by atoms with Gasteiger partial charge in [0, 0.05) is 69.2 Å². The molecule has 1 spiro atoms. The number of nitrogens with one attached hydrogen (secondary N) is 1. The van der Waals surface area contributed by atoms with E-state index < -0.39 is 17.7 Å². The summed E-state index contributed by atoms with van der Waals surface area (Å²) in [6, 6.07) is 13.1. The smallest absolute Gasteiger partial charge is 0.320 e. The van der Waals surface area contributed by atoms with E-state index in [2.05, 4.69) is 24.1 Å². The van der Waals surface area contributed by atoms with Crippen LogP contribution in [0, 0.1) is 11.6 Å². The Bertz CT molecular complexity index is 1530. The number of amides is 2. The molecule has 1 saturated carbocycles. The van der Waals surface area contributed by atoms with Gasteiger partial charge in [0.15, 0.2) is 0 Å². The van der Waals surface area contributed by atoms with E-state index in [0.29, 0.717) is 39.1 Å². The fraction of sp³-hybridized carbons (Fsp3) is 0.529. The van der Waals surface area contributed by atoms with E-state index in [9.17, 15) is 14.0 Å². The number of rotatable bonds is 6. The molecule has 3 fully saturated rings. The van der Waals surface area contributed by atoms with E-state index in [1.807, 2.05) is 46.1 Å². The second-order valence-electron chi connectivity index (χ2n) is 13.1. The number of para-hydroxylation sites is 1. The van der Waals surface area contributed by atoms with Crippen molar-refractivity contribution in [2.24, 2.45) is 7.05 Å². The van der Waals surface area contributed by atoms with Crippen LogP contribution in [-0.2, 0) is 13.6 Å². The topological polar surface area (TPSA) is 65.8 Å². The molecule has 0 bridgehead atoms. The first-order valence-electron chi connectivity index (χ1n) is 16.0. The highest BCUT2D eigenvalue weighted by Crippen LogP contribution is 2.40. The molecule has 2 atom stereocenters. The van der Waals surface area contributed by atoms with Crippen molar-refractivity contribution >= 4 is 6.03 Å². The lowest BCUT2D eigenvalue weighted by Crippen LogP contribution is -2.64. The van der Waals surface area contributed by atoms with E-state index in [1.54, 1.807) is 16.6 Å². The first-order chi connectivity index (χ1) is 21.1. The Hall–Kier alpha value is -3.50. The summed E-state index contributed by atoms with van der Waals surface area (Å²) in [6.45, 7) is 6.87. The average Bonchev–Trinajstić information content (AvgIpc) is 3.59. The Morgan fingerprint density at radius 3 is 2.52 bits per heavy atom. The number of urea groups is 1. The van der Waals surface area contributed by atoms with Gasteiger partial charge in [0.25, 0.3) is 5.56 Å². The molecule has 1 aliphatic carbocycles. The van der Waals surface area contributed by atoms with Crippen molar-refractivity contribution in [1.82, 2.24) is 29.4 Å².